The summed E-state index contributed by atoms with van der Waals surface area (Å²) in [6.45, 7) is 11.4. The number of aryl methyl sites for hydroxylation is 1. The smallest absolute Gasteiger partial charge is 0.163 e. The zero-order valence-electron chi connectivity index (χ0n) is 36.1. The van der Waals surface area contributed by atoms with Crippen molar-refractivity contribution in [3.63, 3.8) is 0 Å². The summed E-state index contributed by atoms with van der Waals surface area (Å²) in [5.41, 5.74) is 7.75. The highest BCUT2D eigenvalue weighted by atomic mass is 79.9. The van der Waals surface area contributed by atoms with Gasteiger partial charge in [-0.3, -0.25) is 9.59 Å². The number of hydrogen-bond acceptors (Lipinski definition) is 12. The molecule has 0 heterocycles. The molecule has 0 fully saturated rings. The second-order valence-corrected chi connectivity index (χ2v) is 16.3. The maximum atomic E-state index is 13.5. The van der Waals surface area contributed by atoms with Crippen LogP contribution in [0.1, 0.15) is 67.9 Å². The molecule has 0 saturated carbocycles. The van der Waals surface area contributed by atoms with Crippen LogP contribution in [0.3, 0.4) is 0 Å². The Kier molecular flexibility index (Phi) is 20.7. The number of aliphatic hydroxyl groups is 1. The molecule has 1 atom stereocenters. The van der Waals surface area contributed by atoms with Crippen LogP contribution in [0.2, 0.25) is 0 Å². The minimum atomic E-state index is -0.935. The van der Waals surface area contributed by atoms with E-state index >= 15 is 0 Å². The van der Waals surface area contributed by atoms with E-state index in [1.165, 1.54) is 6.92 Å². The van der Waals surface area contributed by atoms with Gasteiger partial charge in [0.2, 0.25) is 0 Å². The average Bonchev–Trinajstić information content (AvgIpc) is 3.52. The molecular formula is C48H58Br2O12. The van der Waals surface area contributed by atoms with E-state index in [9.17, 15) is 9.59 Å². The minimum Gasteiger partial charge on any atom is -0.490 e. The van der Waals surface area contributed by atoms with Crippen LogP contribution >= 0.6 is 31.9 Å². The lowest BCUT2D eigenvalue weighted by Gasteiger charge is -2.35. The zero-order valence-corrected chi connectivity index (χ0v) is 39.2. The summed E-state index contributed by atoms with van der Waals surface area (Å²) < 4.78 is 52.0. The van der Waals surface area contributed by atoms with Crippen molar-refractivity contribution < 1.29 is 57.3 Å². The molecule has 1 aliphatic rings. The third kappa shape index (κ3) is 13.1. The number of aliphatic hydroxyl groups excluding tert-OH is 1. The quantitative estimate of drug-likeness (QED) is 0.0354. The van der Waals surface area contributed by atoms with Crippen molar-refractivity contribution in [1.82, 2.24) is 0 Å². The molecule has 12 nitrogen and oxygen atoms in total. The third-order valence-corrected chi connectivity index (χ3v) is 11.7. The van der Waals surface area contributed by atoms with Crippen molar-refractivity contribution in [3.05, 3.63) is 120 Å². The van der Waals surface area contributed by atoms with Crippen molar-refractivity contribution in [1.29, 1.82) is 0 Å². The van der Waals surface area contributed by atoms with E-state index in [-0.39, 0.29) is 31.4 Å². The van der Waals surface area contributed by atoms with E-state index in [2.05, 4.69) is 69.1 Å². The van der Waals surface area contributed by atoms with Crippen LogP contribution < -0.4 is 4.74 Å². The molecule has 0 saturated heterocycles. The molecule has 0 bridgehead atoms. The average molecular weight is 987 g/mol. The maximum Gasteiger partial charge on any atom is 0.163 e. The van der Waals surface area contributed by atoms with Crippen LogP contribution in [0.25, 0.3) is 11.1 Å². The summed E-state index contributed by atoms with van der Waals surface area (Å²) >= 11 is 7.59. The van der Waals surface area contributed by atoms with Gasteiger partial charge in [-0.15, -0.1) is 0 Å². The number of benzene rings is 4. The molecule has 4 aromatic rings. The molecule has 1 unspecified atom stereocenters. The largest absolute Gasteiger partial charge is 0.490 e. The van der Waals surface area contributed by atoms with Gasteiger partial charge in [-0.25, -0.2) is 0 Å². The SMILES string of the molecule is COCCOCCOCCOCCOc1ccc(C2(c3ccc(COCCOCCOCCOCCO)c(C(C)=O)c3)c3cc(Br)ccc3-c3cc(C)c(Br)cc32)cc1C(C)=O. The van der Waals surface area contributed by atoms with Crippen molar-refractivity contribution in [2.24, 2.45) is 0 Å². The number of hydrogen-bond donors (Lipinski definition) is 1. The number of ketones is 2. The third-order valence-electron chi connectivity index (χ3n) is 10.4. The van der Waals surface area contributed by atoms with Crippen molar-refractivity contribution >= 4 is 43.4 Å². The van der Waals surface area contributed by atoms with Gasteiger partial charge in [0.25, 0.3) is 0 Å². The van der Waals surface area contributed by atoms with E-state index < -0.39 is 5.41 Å². The molecule has 336 valence electrons. The summed E-state index contributed by atoms with van der Waals surface area (Å²) in [5, 5.41) is 8.78. The van der Waals surface area contributed by atoms with E-state index in [0.717, 1.165) is 53.5 Å². The summed E-state index contributed by atoms with van der Waals surface area (Å²) in [6.07, 6.45) is 0. The molecule has 0 radical (unpaired) electrons. The molecule has 0 spiro atoms. The van der Waals surface area contributed by atoms with Crippen molar-refractivity contribution in [2.75, 3.05) is 113 Å². The molecule has 62 heavy (non-hydrogen) atoms. The second-order valence-electron chi connectivity index (χ2n) is 14.6. The second kappa shape index (κ2) is 25.8. The van der Waals surface area contributed by atoms with Crippen LogP contribution in [0.4, 0.5) is 0 Å². The lowest BCUT2D eigenvalue weighted by molar-refractivity contribution is -0.00747. The van der Waals surface area contributed by atoms with E-state index in [0.29, 0.717) is 109 Å². The van der Waals surface area contributed by atoms with E-state index in [4.69, 9.17) is 47.7 Å². The highest BCUT2D eigenvalue weighted by Crippen LogP contribution is 2.58. The first-order valence-corrected chi connectivity index (χ1v) is 22.4. The van der Waals surface area contributed by atoms with Crippen LogP contribution in [0.15, 0.2) is 75.7 Å². The Morgan fingerprint density at radius 3 is 1.66 bits per heavy atom. The Hall–Kier alpha value is -3.38. The maximum absolute atomic E-state index is 13.5. The van der Waals surface area contributed by atoms with Crippen molar-refractivity contribution in [2.45, 2.75) is 32.8 Å². The lowest BCUT2D eigenvalue weighted by Crippen LogP contribution is -2.29. The summed E-state index contributed by atoms with van der Waals surface area (Å²) in [6, 6.07) is 22.4. The van der Waals surface area contributed by atoms with Gasteiger partial charge in [-0.2, -0.15) is 0 Å². The Bertz CT molecular complexity index is 1980. The van der Waals surface area contributed by atoms with Crippen LogP contribution in [0, 0.1) is 6.92 Å². The van der Waals surface area contributed by atoms with Crippen LogP contribution in [0.5, 0.6) is 5.75 Å². The first-order valence-electron chi connectivity index (χ1n) is 20.8. The Balaban J connectivity index is 1.39. The van der Waals surface area contributed by atoms with Gasteiger partial charge in [-0.1, -0.05) is 56.1 Å². The fourth-order valence-electron chi connectivity index (χ4n) is 7.44. The summed E-state index contributed by atoms with van der Waals surface area (Å²) in [7, 11) is 1.63. The molecule has 4 aromatic carbocycles. The van der Waals surface area contributed by atoms with Gasteiger partial charge in [0.1, 0.15) is 12.4 Å². The molecule has 0 aliphatic heterocycles. The van der Waals surface area contributed by atoms with Gasteiger partial charge in [0.05, 0.1) is 117 Å². The normalized spacial score (nSPS) is 14.2. The number of Topliss-reactive ketones (excluding diaryl/α,β-unsaturated/α-hetero) is 2. The van der Waals surface area contributed by atoms with Gasteiger partial charge in [-0.05, 0) is 108 Å². The number of rotatable bonds is 30. The molecule has 1 aliphatic carbocycles. The van der Waals surface area contributed by atoms with Crippen LogP contribution in [-0.2, 0) is 49.9 Å². The number of ether oxygens (including phenoxy) is 9. The van der Waals surface area contributed by atoms with Gasteiger partial charge in [0, 0.05) is 21.6 Å². The first-order chi connectivity index (χ1) is 30.1. The fourth-order valence-corrected chi connectivity index (χ4v) is 8.14. The number of methoxy groups -OCH3 is 1. The Morgan fingerprint density at radius 2 is 1.08 bits per heavy atom. The van der Waals surface area contributed by atoms with E-state index in [1.807, 2.05) is 36.4 Å². The summed E-state index contributed by atoms with van der Waals surface area (Å²) in [4.78, 5) is 26.9. The molecule has 5 rings (SSSR count). The fraction of sp³-hybridized carbons (Fsp3) is 0.458. The number of halogens is 2. The lowest BCUT2D eigenvalue weighted by atomic mass is 9.66. The molecule has 0 aromatic heterocycles. The highest BCUT2D eigenvalue weighted by molar-refractivity contribution is 9.10. The summed E-state index contributed by atoms with van der Waals surface area (Å²) in [5.74, 6) is 0.220. The number of carbonyl (C=O) groups excluding carboxylic acids is 2. The minimum absolute atomic E-state index is 0.0147. The van der Waals surface area contributed by atoms with Gasteiger partial charge >= 0.3 is 0 Å². The first kappa shape index (κ1) is 49.6. The zero-order chi connectivity index (χ0) is 44.3. The Labute approximate surface area is 381 Å². The molecule has 1 N–H and O–H groups in total. The van der Waals surface area contributed by atoms with E-state index in [1.54, 1.807) is 14.0 Å². The monoisotopic (exact) mass is 984 g/mol. The van der Waals surface area contributed by atoms with Gasteiger partial charge in [0.15, 0.2) is 11.6 Å². The number of fused-ring (bicyclic) bond motifs is 3. The predicted octanol–water partition coefficient (Wildman–Crippen LogP) is 7.92. The Morgan fingerprint density at radius 1 is 0.565 bits per heavy atom. The molecular weight excluding hydrogens is 928 g/mol. The molecule has 0 amide bonds. The van der Waals surface area contributed by atoms with Crippen LogP contribution in [-0.4, -0.2) is 129 Å². The standard InChI is InChI=1S/C48H58Br2O12/c1-33-27-43-40-9-8-39(49)30-44(40)48(45(43)31-46(33)50,37-6-5-36(41(28-37)34(2)52)32-61-24-23-59-20-19-57-16-15-55-12-11-51)38-7-10-47(42(29-38)35(3)53)62-26-25-60-22-21-58-18-17-56-14-13-54-4/h5-10,27-31,51H,11-26,32H2,1-4H3. The topological polar surface area (TPSA) is 137 Å². The number of carbonyl (C=O) groups is 2. The van der Waals surface area contributed by atoms with Gasteiger partial charge < -0.3 is 47.7 Å². The predicted molar refractivity (Wildman–Crippen MR) is 243 cm³/mol. The highest BCUT2D eigenvalue weighted by Gasteiger charge is 2.47. The van der Waals surface area contributed by atoms with Crippen molar-refractivity contribution in [3.8, 4) is 16.9 Å². The molecule has 14 heteroatoms.